The molecule has 1 atom stereocenters. The number of benzene rings is 1. The molecule has 142 valence electrons. The zero-order valence-corrected chi connectivity index (χ0v) is 17.1. The average Bonchev–Trinajstić information content (AvgIpc) is 2.70. The monoisotopic (exact) mass is 353 g/mol. The number of fused-ring (bicyclic) bond motifs is 1. The Morgan fingerprint density at radius 1 is 1.19 bits per heavy atom. The number of Topliss-reactive ketones (excluding diaryl/α,β-unsaturated/α-hetero) is 1. The van der Waals surface area contributed by atoms with E-state index in [0.717, 1.165) is 44.3 Å². The molecule has 3 rings (SSSR count). The first-order chi connectivity index (χ1) is 12.7. The molecule has 1 unspecified atom stereocenters. The summed E-state index contributed by atoms with van der Waals surface area (Å²) in [6.45, 7) is 10.3. The van der Waals surface area contributed by atoms with Gasteiger partial charge in [-0.1, -0.05) is 61.9 Å². The van der Waals surface area contributed by atoms with E-state index in [1.807, 2.05) is 32.9 Å². The average molecular weight is 354 g/mol. The molecule has 1 aromatic carbocycles. The Labute approximate surface area is 160 Å². The minimum Gasteiger partial charge on any atom is -0.292 e. The highest BCUT2D eigenvalue weighted by molar-refractivity contribution is 6.05. The summed E-state index contributed by atoms with van der Waals surface area (Å²) in [5, 5.41) is 0. The van der Waals surface area contributed by atoms with Gasteiger partial charge in [0.15, 0.2) is 5.78 Å². The van der Waals surface area contributed by atoms with Gasteiger partial charge in [0.1, 0.15) is 0 Å². The first kappa shape index (κ1) is 20.6. The first-order valence-electron chi connectivity index (χ1n) is 10.3. The minimum atomic E-state index is -0.243. The fourth-order valence-electron chi connectivity index (χ4n) is 4.28. The molecule has 1 aliphatic heterocycles. The summed E-state index contributed by atoms with van der Waals surface area (Å²) in [5.74, 6) is 0.374. The Bertz CT molecular complexity index is 658. The number of carbonyl (C=O) groups is 1. The van der Waals surface area contributed by atoms with Crippen LogP contribution in [0.1, 0.15) is 75.7 Å². The van der Waals surface area contributed by atoms with Crippen molar-refractivity contribution in [3.63, 3.8) is 0 Å². The highest BCUT2D eigenvalue weighted by Crippen LogP contribution is 2.40. The molecule has 1 spiro atoms. The first-order valence-corrected chi connectivity index (χ1v) is 10.3. The molecule has 1 saturated heterocycles. The molecular weight excluding hydrogens is 318 g/mol. The van der Waals surface area contributed by atoms with Gasteiger partial charge >= 0.3 is 0 Å². The van der Waals surface area contributed by atoms with Crippen LogP contribution in [-0.2, 0) is 6.42 Å². The summed E-state index contributed by atoms with van der Waals surface area (Å²) in [5.41, 5.74) is 3.35. The van der Waals surface area contributed by atoms with E-state index in [1.54, 1.807) is 0 Å². The van der Waals surface area contributed by atoms with E-state index in [0.29, 0.717) is 5.78 Å². The zero-order valence-electron chi connectivity index (χ0n) is 17.1. The number of allylic oxidation sites excluding steroid dienone is 3. The van der Waals surface area contributed by atoms with E-state index in [-0.39, 0.29) is 5.54 Å². The van der Waals surface area contributed by atoms with Gasteiger partial charge in [-0.3, -0.25) is 9.69 Å². The molecule has 0 N–H and O–H groups in total. The fraction of sp³-hybridized carbons (Fsp3) is 0.542. The van der Waals surface area contributed by atoms with Crippen molar-refractivity contribution in [1.29, 1.82) is 0 Å². The molecule has 1 heterocycles. The van der Waals surface area contributed by atoms with E-state index < -0.39 is 0 Å². The Morgan fingerprint density at radius 3 is 2.73 bits per heavy atom. The number of nitrogens with zero attached hydrogens (tertiary/aromatic N) is 1. The second-order valence-electron chi connectivity index (χ2n) is 7.25. The lowest BCUT2D eigenvalue weighted by atomic mass is 9.71. The normalized spacial score (nSPS) is 23.7. The van der Waals surface area contributed by atoms with Crippen molar-refractivity contribution in [3.05, 3.63) is 59.2 Å². The molecular formula is C24H35NO. The van der Waals surface area contributed by atoms with Crippen LogP contribution in [-0.4, -0.2) is 29.3 Å². The molecule has 0 amide bonds. The Kier molecular flexibility index (Phi) is 7.84. The van der Waals surface area contributed by atoms with Gasteiger partial charge < -0.3 is 0 Å². The smallest absolute Gasteiger partial charge is 0.183 e. The third-order valence-electron chi connectivity index (χ3n) is 5.72. The number of ketones is 1. The van der Waals surface area contributed by atoms with Crippen LogP contribution in [0.5, 0.6) is 0 Å². The largest absolute Gasteiger partial charge is 0.292 e. The molecule has 26 heavy (non-hydrogen) atoms. The van der Waals surface area contributed by atoms with E-state index in [1.165, 1.54) is 24.0 Å². The second kappa shape index (κ2) is 9.87. The number of rotatable bonds is 4. The summed E-state index contributed by atoms with van der Waals surface area (Å²) >= 11 is 0. The lowest BCUT2D eigenvalue weighted by molar-refractivity contribution is 0.0298. The van der Waals surface area contributed by atoms with Gasteiger partial charge in [0.25, 0.3) is 0 Å². The van der Waals surface area contributed by atoms with Crippen molar-refractivity contribution in [1.82, 2.24) is 4.90 Å². The molecule has 2 nitrogen and oxygen atoms in total. The Morgan fingerprint density at radius 2 is 1.96 bits per heavy atom. The Hall–Kier alpha value is -1.67. The molecule has 1 aliphatic carbocycles. The van der Waals surface area contributed by atoms with E-state index >= 15 is 0 Å². The predicted octanol–water partition coefficient (Wildman–Crippen LogP) is 5.98. The van der Waals surface area contributed by atoms with Gasteiger partial charge in [0.2, 0.25) is 0 Å². The molecule has 0 aromatic heterocycles. The number of carbonyl (C=O) groups excluding carboxylic acids is 1. The Balaban J connectivity index is 0.00000117. The summed E-state index contributed by atoms with van der Waals surface area (Å²) in [4.78, 5) is 15.9. The summed E-state index contributed by atoms with van der Waals surface area (Å²) in [7, 11) is 0. The maximum absolute atomic E-state index is 13.4. The van der Waals surface area contributed by atoms with Gasteiger partial charge in [0.05, 0.1) is 5.54 Å². The third-order valence-corrected chi connectivity index (χ3v) is 5.72. The van der Waals surface area contributed by atoms with Crippen LogP contribution in [0.4, 0.5) is 0 Å². The highest BCUT2D eigenvalue weighted by Gasteiger charge is 2.47. The van der Waals surface area contributed by atoms with E-state index in [9.17, 15) is 4.79 Å². The van der Waals surface area contributed by atoms with E-state index in [4.69, 9.17) is 0 Å². The molecule has 0 saturated carbocycles. The quantitative estimate of drug-likeness (QED) is 0.621. The topological polar surface area (TPSA) is 20.3 Å². The van der Waals surface area contributed by atoms with Crippen molar-refractivity contribution in [3.8, 4) is 0 Å². The second-order valence-corrected chi connectivity index (χ2v) is 7.25. The van der Waals surface area contributed by atoms with Crippen LogP contribution in [0.15, 0.2) is 48.1 Å². The van der Waals surface area contributed by atoms with Gasteiger partial charge in [-0.2, -0.15) is 0 Å². The van der Waals surface area contributed by atoms with Crippen LogP contribution < -0.4 is 0 Å². The van der Waals surface area contributed by atoms with Crippen LogP contribution in [0.3, 0.4) is 0 Å². The maximum atomic E-state index is 13.4. The number of piperidine rings is 1. The number of hydrogen-bond donors (Lipinski definition) is 0. The van der Waals surface area contributed by atoms with E-state index in [2.05, 4.69) is 42.2 Å². The van der Waals surface area contributed by atoms with Crippen LogP contribution >= 0.6 is 0 Å². The lowest BCUT2D eigenvalue weighted by Crippen LogP contribution is -2.59. The predicted molar refractivity (Wildman–Crippen MR) is 112 cm³/mol. The summed E-state index contributed by atoms with van der Waals surface area (Å²) in [6, 6.07) is 8.21. The summed E-state index contributed by atoms with van der Waals surface area (Å²) in [6.07, 6.45) is 12.8. The van der Waals surface area contributed by atoms with Gasteiger partial charge in [0, 0.05) is 12.1 Å². The van der Waals surface area contributed by atoms with Crippen LogP contribution in [0, 0.1) is 0 Å². The van der Waals surface area contributed by atoms with Crippen LogP contribution in [0.25, 0.3) is 0 Å². The molecule has 0 bridgehead atoms. The fourth-order valence-corrected chi connectivity index (χ4v) is 4.28. The number of likely N-dealkylation sites (tertiary alicyclic amines) is 1. The highest BCUT2D eigenvalue weighted by atomic mass is 16.1. The number of hydrogen-bond acceptors (Lipinski definition) is 2. The zero-order chi connectivity index (χ0) is 19.0. The minimum absolute atomic E-state index is 0.243. The maximum Gasteiger partial charge on any atom is 0.183 e. The lowest BCUT2D eigenvalue weighted by Gasteiger charge is -2.48. The molecule has 2 aliphatic rings. The van der Waals surface area contributed by atoms with Gasteiger partial charge in [-0.05, 0) is 64.5 Å². The molecule has 0 radical (unpaired) electrons. The van der Waals surface area contributed by atoms with Crippen molar-refractivity contribution in [2.45, 2.75) is 71.8 Å². The molecule has 2 heteroatoms. The molecule has 1 aromatic rings. The van der Waals surface area contributed by atoms with Crippen molar-refractivity contribution < 1.29 is 4.79 Å². The third kappa shape index (κ3) is 4.35. The number of aryl methyl sites for hydroxylation is 1. The summed E-state index contributed by atoms with van der Waals surface area (Å²) < 4.78 is 0. The van der Waals surface area contributed by atoms with Crippen molar-refractivity contribution in [2.75, 3.05) is 13.1 Å². The SMILES string of the molecule is C/C=C\C=C(/C)CCN1CCCCC12CCc1ccccc1C2=O.CC. The standard InChI is InChI=1S/C22H29NO.C2H6/c1-3-4-9-18(2)13-17-23-16-8-7-14-22(23)15-12-19-10-5-6-11-20(19)21(22)24;1-2/h3-6,9-11H,7-8,12-17H2,1-2H3;1-2H3/b4-3-,18-9+;. The van der Waals surface area contributed by atoms with Crippen molar-refractivity contribution >= 4 is 5.78 Å². The molecule has 1 fully saturated rings. The van der Waals surface area contributed by atoms with Crippen LogP contribution in [0.2, 0.25) is 0 Å². The van der Waals surface area contributed by atoms with Gasteiger partial charge in [-0.15, -0.1) is 0 Å². The van der Waals surface area contributed by atoms with Gasteiger partial charge in [-0.25, -0.2) is 0 Å². The van der Waals surface area contributed by atoms with Crippen molar-refractivity contribution in [2.24, 2.45) is 0 Å².